The van der Waals surface area contributed by atoms with E-state index >= 15 is 0 Å². The van der Waals surface area contributed by atoms with Crippen molar-refractivity contribution in [3.05, 3.63) is 231 Å². The van der Waals surface area contributed by atoms with E-state index in [4.69, 9.17) is 5.11 Å². The lowest BCUT2D eigenvalue weighted by Gasteiger charge is -2.32. The predicted octanol–water partition coefficient (Wildman–Crippen LogP) is 10.8. The highest BCUT2D eigenvalue weighted by Gasteiger charge is 2.24. The van der Waals surface area contributed by atoms with Gasteiger partial charge in [-0.2, -0.15) is 0 Å². The first-order valence-corrected chi connectivity index (χ1v) is 32.4. The van der Waals surface area contributed by atoms with Crippen molar-refractivity contribution < 1.29 is 5.11 Å². The van der Waals surface area contributed by atoms with Crippen molar-refractivity contribution in [3.63, 3.8) is 0 Å². The molecule has 0 aliphatic carbocycles. The minimum atomic E-state index is -0.0120. The van der Waals surface area contributed by atoms with E-state index in [2.05, 4.69) is 75.1 Å². The zero-order valence-corrected chi connectivity index (χ0v) is 53.1. The molecule has 90 heavy (non-hydrogen) atoms. The van der Waals surface area contributed by atoms with Crippen molar-refractivity contribution in [1.82, 2.24) is 49.8 Å². The van der Waals surface area contributed by atoms with Gasteiger partial charge in [0.2, 0.25) is 0 Å². The van der Waals surface area contributed by atoms with Crippen molar-refractivity contribution in [2.24, 2.45) is 0 Å². The van der Waals surface area contributed by atoms with Crippen LogP contribution in [0.2, 0.25) is 0 Å². The third kappa shape index (κ3) is 15.9. The quantitative estimate of drug-likeness (QED) is 0.0723. The van der Waals surface area contributed by atoms with Gasteiger partial charge >= 0.3 is 0 Å². The van der Waals surface area contributed by atoms with E-state index in [0.29, 0.717) is 17.8 Å². The van der Waals surface area contributed by atoms with Crippen molar-refractivity contribution in [1.29, 1.82) is 0 Å². The Hall–Kier alpha value is -8.09. The number of hydrogen-bond donors (Lipinski definition) is 7. The summed E-state index contributed by atoms with van der Waals surface area (Å²) in [6.45, 7) is 15.5. The largest absolute Gasteiger partial charge is 0.395 e. The van der Waals surface area contributed by atoms with Crippen molar-refractivity contribution in [2.75, 3.05) is 86.7 Å². The van der Waals surface area contributed by atoms with E-state index in [1.807, 2.05) is 150 Å². The number of aromatic nitrogens is 5. The van der Waals surface area contributed by atoms with Crippen LogP contribution in [0.4, 0.5) is 0 Å². The lowest BCUT2D eigenvalue weighted by atomic mass is 9.87. The molecular formula is C74H90N10O6. The molecule has 14 rings (SSSR count). The number of hydrogen-bond acceptors (Lipinski definition) is 11. The van der Waals surface area contributed by atoms with Gasteiger partial charge in [0.25, 0.3) is 27.8 Å². The summed E-state index contributed by atoms with van der Waals surface area (Å²) >= 11 is 0. The van der Waals surface area contributed by atoms with Gasteiger partial charge in [-0.05, 0) is 242 Å². The number of benzene rings is 5. The monoisotopic (exact) mass is 1210 g/mol. The summed E-state index contributed by atoms with van der Waals surface area (Å²) in [6, 6.07) is 39.3. The molecule has 9 heterocycles. The van der Waals surface area contributed by atoms with Gasteiger partial charge in [0.1, 0.15) is 0 Å². The molecule has 0 atom stereocenters. The fraction of sp³-hybridized carbons (Fsp3) is 0.392. The highest BCUT2D eigenvalue weighted by molar-refractivity contribution is 5.88. The molecule has 0 saturated carbocycles. The molecule has 4 saturated heterocycles. The third-order valence-corrected chi connectivity index (χ3v) is 18.7. The maximum absolute atomic E-state index is 12.0. The maximum atomic E-state index is 12.0. The van der Waals surface area contributed by atoms with Crippen molar-refractivity contribution in [3.8, 4) is 0 Å². The van der Waals surface area contributed by atoms with Crippen LogP contribution in [-0.2, 0) is 13.1 Å². The highest BCUT2D eigenvalue weighted by Crippen LogP contribution is 2.34. The second-order valence-corrected chi connectivity index (χ2v) is 25.1. The van der Waals surface area contributed by atoms with Crippen LogP contribution in [0.1, 0.15) is 115 Å². The summed E-state index contributed by atoms with van der Waals surface area (Å²) in [6.07, 6.45) is 16.4. The second kappa shape index (κ2) is 31.1. The van der Waals surface area contributed by atoms with Crippen LogP contribution in [0.3, 0.4) is 0 Å². The van der Waals surface area contributed by atoms with Gasteiger partial charge in [-0.1, -0.05) is 97.4 Å². The van der Waals surface area contributed by atoms with Crippen LogP contribution in [0.15, 0.2) is 164 Å². The summed E-state index contributed by atoms with van der Waals surface area (Å²) in [5.74, 6) is 1.63. The summed E-state index contributed by atoms with van der Waals surface area (Å²) < 4.78 is 0. The number of β-amino-alcohol motifs (C(OH)–C–C–N with tert-alkyl or cyclic N) is 1. The van der Waals surface area contributed by atoms with Gasteiger partial charge in [-0.15, -0.1) is 0 Å². The third-order valence-electron chi connectivity index (χ3n) is 18.7. The number of pyridine rings is 5. The van der Waals surface area contributed by atoms with Gasteiger partial charge in [0.15, 0.2) is 0 Å². The van der Waals surface area contributed by atoms with Crippen LogP contribution in [0, 0.1) is 13.8 Å². The number of aliphatic hydroxyl groups is 1. The summed E-state index contributed by atoms with van der Waals surface area (Å²) in [4.78, 5) is 82.9. The molecule has 0 radical (unpaired) electrons. The first kappa shape index (κ1) is 64.9. The van der Waals surface area contributed by atoms with Crippen LogP contribution in [-0.4, -0.2) is 136 Å². The predicted molar refractivity (Wildman–Crippen MR) is 369 cm³/mol. The Morgan fingerprint density at radius 2 is 0.789 bits per heavy atom. The first-order chi connectivity index (χ1) is 43.8. The topological polar surface area (TPSA) is 210 Å². The zero-order valence-electron chi connectivity index (χ0n) is 53.1. The molecule has 4 aliphatic rings. The van der Waals surface area contributed by atoms with E-state index in [-0.39, 0.29) is 34.4 Å². The smallest absolute Gasteiger partial charge is 0.256 e. The molecule has 16 nitrogen and oxygen atoms in total. The normalized spacial score (nSPS) is 16.4. The number of aryl methyl sites for hydroxylation is 2. The Morgan fingerprint density at radius 1 is 0.433 bits per heavy atom. The number of fused-ring (bicyclic) bond motifs is 5. The molecule has 0 bridgehead atoms. The maximum Gasteiger partial charge on any atom is 0.256 e. The number of rotatable bonds is 9. The lowest BCUT2D eigenvalue weighted by molar-refractivity contribution is 0.164. The van der Waals surface area contributed by atoms with Gasteiger partial charge < -0.3 is 50.0 Å². The van der Waals surface area contributed by atoms with Crippen LogP contribution in [0.25, 0.3) is 53.9 Å². The van der Waals surface area contributed by atoms with Gasteiger partial charge in [-0.25, -0.2) is 0 Å². The molecule has 472 valence electrons. The minimum absolute atomic E-state index is 0.00407. The second-order valence-electron chi connectivity index (χ2n) is 25.1. The number of piperidine rings is 4. The average Bonchev–Trinajstić information content (AvgIpc) is 1.07. The highest BCUT2D eigenvalue weighted by atomic mass is 16.3. The molecule has 5 aromatic heterocycles. The average molecular weight is 1220 g/mol. The Bertz CT molecular complexity index is 4330. The number of aromatic amines is 5. The number of nitrogens with one attached hydrogen (secondary N) is 6. The zero-order chi connectivity index (χ0) is 63.1. The van der Waals surface area contributed by atoms with E-state index in [1.165, 1.54) is 73.0 Å². The number of H-pyrrole nitrogens is 5. The van der Waals surface area contributed by atoms with E-state index in [0.717, 1.165) is 150 Å². The van der Waals surface area contributed by atoms with Gasteiger partial charge in [0.05, 0.1) is 6.61 Å². The molecule has 4 fully saturated rings. The molecule has 7 N–H and O–H groups in total. The van der Waals surface area contributed by atoms with E-state index in [1.54, 1.807) is 0 Å². The van der Waals surface area contributed by atoms with Crippen LogP contribution >= 0.6 is 0 Å². The molecular weight excluding hydrogens is 1120 g/mol. The Kier molecular flexibility index (Phi) is 22.4. The summed E-state index contributed by atoms with van der Waals surface area (Å²) in [5.41, 5.74) is 8.32. The van der Waals surface area contributed by atoms with Crippen molar-refractivity contribution >= 4 is 53.9 Å². The number of nitrogens with zero attached hydrogens (tertiary/aromatic N) is 4. The molecule has 10 aromatic rings. The molecule has 5 aromatic carbocycles. The molecule has 16 heteroatoms. The Labute approximate surface area is 526 Å². The summed E-state index contributed by atoms with van der Waals surface area (Å²) in [7, 11) is 6.22. The number of aliphatic hydroxyl groups excluding tert-OH is 1. The van der Waals surface area contributed by atoms with Gasteiger partial charge in [-0.3, -0.25) is 28.9 Å². The Balaban J connectivity index is 0.000000124. The lowest BCUT2D eigenvalue weighted by Crippen LogP contribution is -2.35. The van der Waals surface area contributed by atoms with Crippen LogP contribution in [0.5, 0.6) is 0 Å². The molecule has 0 unspecified atom stereocenters. The van der Waals surface area contributed by atoms with E-state index < -0.39 is 0 Å². The molecule has 4 aliphatic heterocycles. The standard InChI is InChI=1S/C16H20N2O2.C16H20N2O.C15H18N2O.C14H16N2O.C13H16N2O/c19-10-9-18-7-5-12(6-8-18)15-11-17-16(20)14-4-2-1-3-13(14)15;1-12-15(11-18-9-5-2-6-10-18)13-7-3-4-8-14(13)16(19)17-12;1-17-8-6-11(7-9-17)14-10-16-15(18)13-5-3-2-4-12(13)14;17-14-12-4-2-1-3-11(12)13(9-16-14)10-5-7-15-8-6-10;1-9-12(8-15(2)3)10-6-4-5-7-11(10)13(16)14-9/h1-4,11-12,19H,5-10H2,(H,17,20);3-4,7-8H,2,5-6,9-11H2,1H3,(H,17,19);2-5,10-11H,6-9H2,1H3,(H,16,18);1-4,9-10,15H,5-8H2,(H,16,17);4-7H,8H2,1-3H3,(H,14,16). The van der Waals surface area contributed by atoms with Crippen LogP contribution < -0.4 is 33.1 Å². The Morgan fingerprint density at radius 3 is 1.20 bits per heavy atom. The summed E-state index contributed by atoms with van der Waals surface area (Å²) in [5, 5.41) is 21.8. The number of likely N-dealkylation sites (tertiary alicyclic amines) is 3. The first-order valence-electron chi connectivity index (χ1n) is 32.4. The fourth-order valence-corrected chi connectivity index (χ4v) is 13.8. The minimum Gasteiger partial charge on any atom is -0.395 e. The van der Waals surface area contributed by atoms with Gasteiger partial charge in [0, 0.05) is 76.5 Å². The fourth-order valence-electron chi connectivity index (χ4n) is 13.8. The van der Waals surface area contributed by atoms with Crippen molar-refractivity contribution in [2.45, 2.75) is 102 Å². The SMILES string of the molecule is CN1CCC(c2c[nH]c(=O)c3ccccc23)CC1.Cc1[nH]c(=O)c2ccccc2c1CN(C)C.Cc1[nH]c(=O)c2ccccc2c1CN1CCCCC1.O=c1[nH]cc(C2CCN(CCO)CC2)c2ccccc12.O=c1[nH]cc(C2CCNCC2)c2ccccc12. The molecule has 0 spiro atoms. The van der Waals surface area contributed by atoms with E-state index in [9.17, 15) is 24.0 Å². The molecule has 0 amide bonds.